The average molecular weight is 481 g/mol. The van der Waals surface area contributed by atoms with Gasteiger partial charge in [-0.25, -0.2) is 8.42 Å². The highest BCUT2D eigenvalue weighted by Crippen LogP contribution is 2.26. The predicted octanol–water partition coefficient (Wildman–Crippen LogP) is 5.63. The quantitative estimate of drug-likeness (QED) is 0.416. The maximum absolute atomic E-state index is 13.3. The van der Waals surface area contributed by atoms with E-state index in [1.807, 2.05) is 31.2 Å². The summed E-state index contributed by atoms with van der Waals surface area (Å²) >= 11 is 0. The summed E-state index contributed by atoms with van der Waals surface area (Å²) in [4.78, 5) is 13.4. The van der Waals surface area contributed by atoms with Gasteiger partial charge in [0.25, 0.3) is 15.9 Å². The van der Waals surface area contributed by atoms with E-state index in [4.69, 9.17) is 4.74 Å². The third-order valence-electron chi connectivity index (χ3n) is 5.68. The summed E-state index contributed by atoms with van der Waals surface area (Å²) in [6, 6.07) is 19.1. The molecule has 1 amide bonds. The van der Waals surface area contributed by atoms with Crippen molar-refractivity contribution in [2.45, 2.75) is 45.1 Å². The highest BCUT2D eigenvalue weighted by Gasteiger charge is 2.21. The van der Waals surface area contributed by atoms with E-state index in [0.717, 1.165) is 23.3 Å². The van der Waals surface area contributed by atoms with Crippen molar-refractivity contribution in [1.29, 1.82) is 0 Å². The van der Waals surface area contributed by atoms with Crippen molar-refractivity contribution in [3.8, 4) is 5.75 Å². The monoisotopic (exact) mass is 480 g/mol. The largest absolute Gasteiger partial charge is 0.497 e. The molecule has 0 aromatic heterocycles. The highest BCUT2D eigenvalue weighted by atomic mass is 32.2. The van der Waals surface area contributed by atoms with Gasteiger partial charge in [-0.2, -0.15) is 0 Å². The number of rotatable bonds is 9. The van der Waals surface area contributed by atoms with Crippen LogP contribution in [0.5, 0.6) is 5.75 Å². The zero-order valence-corrected chi connectivity index (χ0v) is 21.1. The van der Waals surface area contributed by atoms with Gasteiger partial charge in [-0.05, 0) is 73.7 Å². The van der Waals surface area contributed by atoms with Gasteiger partial charge in [0.2, 0.25) is 0 Å². The first-order chi connectivity index (χ1) is 16.1. The summed E-state index contributed by atoms with van der Waals surface area (Å²) < 4.78 is 33.6. The van der Waals surface area contributed by atoms with E-state index in [9.17, 15) is 13.2 Å². The van der Waals surface area contributed by atoms with Gasteiger partial charge in [0, 0.05) is 5.56 Å². The molecule has 0 saturated heterocycles. The first-order valence-corrected chi connectivity index (χ1v) is 12.7. The number of benzene rings is 3. The summed E-state index contributed by atoms with van der Waals surface area (Å²) in [5, 5.41) is 3.13. The molecule has 2 N–H and O–H groups in total. The van der Waals surface area contributed by atoms with Crippen LogP contribution >= 0.6 is 0 Å². The molecule has 180 valence electrons. The van der Waals surface area contributed by atoms with Crippen LogP contribution in [0.2, 0.25) is 0 Å². The molecule has 0 aliphatic rings. The lowest BCUT2D eigenvalue weighted by Gasteiger charge is -2.22. The number of ether oxygens (including phenoxy) is 1. The zero-order chi connectivity index (χ0) is 24.9. The van der Waals surface area contributed by atoms with Gasteiger partial charge in [-0.3, -0.25) is 9.52 Å². The van der Waals surface area contributed by atoms with Crippen molar-refractivity contribution in [3.63, 3.8) is 0 Å². The molecular weight excluding hydrogens is 448 g/mol. The molecule has 3 aromatic rings. The second-order valence-corrected chi connectivity index (χ2v) is 10.5. The number of hydrogen-bond donors (Lipinski definition) is 2. The van der Waals surface area contributed by atoms with Crippen LogP contribution < -0.4 is 14.8 Å². The number of hydrogen-bond acceptors (Lipinski definition) is 4. The van der Waals surface area contributed by atoms with Gasteiger partial charge >= 0.3 is 0 Å². The molecule has 1 atom stereocenters. The molecule has 0 radical (unpaired) electrons. The topological polar surface area (TPSA) is 84.5 Å². The second-order valence-electron chi connectivity index (χ2n) is 8.83. The van der Waals surface area contributed by atoms with Crippen LogP contribution in [0.4, 0.5) is 5.69 Å². The minimum absolute atomic E-state index is 0.170. The lowest BCUT2D eigenvalue weighted by Crippen LogP contribution is -2.30. The number of aryl methyl sites for hydroxylation is 1. The summed E-state index contributed by atoms with van der Waals surface area (Å²) in [5.41, 5.74) is 3.32. The van der Waals surface area contributed by atoms with Crippen LogP contribution in [0, 0.1) is 19.8 Å². The first kappa shape index (κ1) is 25.3. The molecular formula is C27H32N2O4S. The molecule has 6 nitrogen and oxygen atoms in total. The summed E-state index contributed by atoms with van der Waals surface area (Å²) in [7, 11) is -2.16. The Morgan fingerprint density at radius 3 is 2.18 bits per heavy atom. The molecule has 0 spiro atoms. The van der Waals surface area contributed by atoms with Gasteiger partial charge in [-0.15, -0.1) is 0 Å². The van der Waals surface area contributed by atoms with Crippen molar-refractivity contribution in [2.75, 3.05) is 11.8 Å². The number of anilines is 1. The number of carbonyl (C=O) groups is 1. The smallest absolute Gasteiger partial charge is 0.261 e. The number of nitrogens with one attached hydrogen (secondary N) is 2. The Morgan fingerprint density at radius 2 is 1.59 bits per heavy atom. The maximum atomic E-state index is 13.3. The van der Waals surface area contributed by atoms with Crippen LogP contribution in [0.3, 0.4) is 0 Å². The molecule has 0 heterocycles. The highest BCUT2D eigenvalue weighted by molar-refractivity contribution is 7.92. The number of carbonyl (C=O) groups excluding carboxylic acids is 1. The van der Waals surface area contributed by atoms with Crippen LogP contribution in [0.25, 0.3) is 0 Å². The van der Waals surface area contributed by atoms with Crippen molar-refractivity contribution in [1.82, 2.24) is 5.32 Å². The lowest BCUT2D eigenvalue weighted by molar-refractivity contribution is 0.0931. The Bertz CT molecular complexity index is 1230. The Kier molecular flexibility index (Phi) is 7.99. The Morgan fingerprint density at radius 1 is 0.941 bits per heavy atom. The average Bonchev–Trinajstić information content (AvgIpc) is 2.80. The van der Waals surface area contributed by atoms with E-state index < -0.39 is 10.0 Å². The van der Waals surface area contributed by atoms with E-state index >= 15 is 0 Å². The van der Waals surface area contributed by atoms with Crippen LogP contribution in [-0.4, -0.2) is 21.4 Å². The van der Waals surface area contributed by atoms with Crippen LogP contribution in [0.15, 0.2) is 71.6 Å². The van der Waals surface area contributed by atoms with Gasteiger partial charge in [-0.1, -0.05) is 49.7 Å². The van der Waals surface area contributed by atoms with Gasteiger partial charge < -0.3 is 10.1 Å². The zero-order valence-electron chi connectivity index (χ0n) is 20.3. The molecule has 3 rings (SSSR count). The third kappa shape index (κ3) is 6.17. The first-order valence-electron chi connectivity index (χ1n) is 11.2. The maximum Gasteiger partial charge on any atom is 0.261 e. The fourth-order valence-electron chi connectivity index (χ4n) is 3.74. The van der Waals surface area contributed by atoms with Crippen molar-refractivity contribution in [3.05, 3.63) is 89.0 Å². The minimum Gasteiger partial charge on any atom is -0.497 e. The number of sulfonamides is 1. The van der Waals surface area contributed by atoms with Gasteiger partial charge in [0.05, 0.1) is 23.7 Å². The SMILES string of the molecule is COc1ccc([C@H](CC(C)C)NC(=O)c2cccc(NS(=O)(=O)c3ccc(C)cc3)c2C)cc1. The van der Waals surface area contributed by atoms with Gasteiger partial charge in [0.15, 0.2) is 0 Å². The van der Waals surface area contributed by atoms with E-state index in [1.54, 1.807) is 56.5 Å². The van der Waals surface area contributed by atoms with Crippen molar-refractivity contribution >= 4 is 21.6 Å². The number of amides is 1. The standard InChI is InChI=1S/C27H32N2O4S/c1-18(2)17-26(21-11-13-22(33-5)14-12-21)28-27(30)24-7-6-8-25(20(24)4)29-34(31,32)23-15-9-19(3)10-16-23/h6-16,18,26,29H,17H2,1-5H3,(H,28,30)/t26-/m0/s1. The Balaban J connectivity index is 1.85. The Labute approximate surface area is 202 Å². The molecule has 0 aliphatic carbocycles. The molecule has 0 bridgehead atoms. The minimum atomic E-state index is -3.78. The normalized spacial score (nSPS) is 12.3. The van der Waals surface area contributed by atoms with E-state index in [1.165, 1.54) is 0 Å². The van der Waals surface area contributed by atoms with Crippen LogP contribution in [0.1, 0.15) is 53.4 Å². The Hall–Kier alpha value is -3.32. The molecule has 3 aromatic carbocycles. The molecule has 34 heavy (non-hydrogen) atoms. The van der Waals surface area contributed by atoms with Gasteiger partial charge in [0.1, 0.15) is 5.75 Å². The summed E-state index contributed by atoms with van der Waals surface area (Å²) in [6.45, 7) is 7.85. The fraction of sp³-hybridized carbons (Fsp3) is 0.296. The number of methoxy groups -OCH3 is 1. The molecule has 0 unspecified atom stereocenters. The van der Waals surface area contributed by atoms with Crippen molar-refractivity contribution in [2.24, 2.45) is 5.92 Å². The van der Waals surface area contributed by atoms with E-state index in [-0.39, 0.29) is 16.8 Å². The molecule has 7 heteroatoms. The van der Waals surface area contributed by atoms with Crippen molar-refractivity contribution < 1.29 is 17.9 Å². The third-order valence-corrected chi connectivity index (χ3v) is 7.07. The fourth-order valence-corrected chi connectivity index (χ4v) is 4.86. The predicted molar refractivity (Wildman–Crippen MR) is 136 cm³/mol. The molecule has 0 aliphatic heterocycles. The summed E-state index contributed by atoms with van der Waals surface area (Å²) in [6.07, 6.45) is 0.761. The van der Waals surface area contributed by atoms with Crippen LogP contribution in [-0.2, 0) is 10.0 Å². The molecule has 0 saturated carbocycles. The van der Waals surface area contributed by atoms with E-state index in [2.05, 4.69) is 23.9 Å². The molecule has 0 fully saturated rings. The second kappa shape index (κ2) is 10.7. The summed E-state index contributed by atoms with van der Waals surface area (Å²) in [5.74, 6) is 0.860. The lowest BCUT2D eigenvalue weighted by atomic mass is 9.96. The van der Waals surface area contributed by atoms with E-state index in [0.29, 0.717) is 22.7 Å².